The molecular weight excluding hydrogens is 218 g/mol. The number of hydrogen-bond acceptors (Lipinski definition) is 4. The van der Waals surface area contributed by atoms with Gasteiger partial charge < -0.3 is 14.3 Å². The van der Waals surface area contributed by atoms with Gasteiger partial charge in [-0.15, -0.1) is 0 Å². The molecular formula is C13H19NO3. The average Bonchev–Trinajstić information content (AvgIpc) is 2.39. The van der Waals surface area contributed by atoms with Crippen LogP contribution < -0.4 is 10.6 Å². The molecule has 0 spiro atoms. The molecule has 2 N–H and O–H groups in total. The number of nitrogens with two attached hydrogens (primary N) is 1. The predicted octanol–water partition coefficient (Wildman–Crippen LogP) is 1.68. The number of ether oxygens (including phenoxy) is 2. The first kappa shape index (κ1) is 12.4. The molecule has 4 heteroatoms. The van der Waals surface area contributed by atoms with Crippen molar-refractivity contribution in [2.45, 2.75) is 25.4 Å². The molecule has 0 atom stereocenters. The molecule has 0 radical (unpaired) electrons. The van der Waals surface area contributed by atoms with Gasteiger partial charge >= 0.3 is 0 Å². The van der Waals surface area contributed by atoms with Gasteiger partial charge in [-0.3, -0.25) is 0 Å². The quantitative estimate of drug-likeness (QED) is 0.792. The fourth-order valence-electron chi connectivity index (χ4n) is 1.97. The Balaban J connectivity index is 1.98. The zero-order valence-corrected chi connectivity index (χ0v) is 9.93. The molecule has 0 aromatic heterocycles. The van der Waals surface area contributed by atoms with Gasteiger partial charge in [-0.05, 0) is 11.6 Å². The fourth-order valence-corrected chi connectivity index (χ4v) is 1.97. The van der Waals surface area contributed by atoms with Crippen molar-refractivity contribution in [2.75, 3.05) is 19.8 Å². The maximum absolute atomic E-state index is 6.01. The van der Waals surface area contributed by atoms with Crippen molar-refractivity contribution in [3.8, 4) is 5.75 Å². The number of rotatable bonds is 5. The summed E-state index contributed by atoms with van der Waals surface area (Å²) in [4.78, 5) is 4.62. The highest BCUT2D eigenvalue weighted by Crippen LogP contribution is 2.22. The lowest BCUT2D eigenvalue weighted by atomic mass is 10.1. The van der Waals surface area contributed by atoms with Gasteiger partial charge in [0, 0.05) is 19.3 Å². The van der Waals surface area contributed by atoms with E-state index in [-0.39, 0.29) is 6.10 Å². The number of benzene rings is 1. The van der Waals surface area contributed by atoms with E-state index in [1.165, 1.54) is 0 Å². The van der Waals surface area contributed by atoms with Crippen molar-refractivity contribution in [1.82, 2.24) is 0 Å². The summed E-state index contributed by atoms with van der Waals surface area (Å²) in [6, 6.07) is 8.04. The van der Waals surface area contributed by atoms with Gasteiger partial charge in [0.2, 0.25) is 0 Å². The molecule has 94 valence electrons. The third-order valence-corrected chi connectivity index (χ3v) is 2.92. The Kier molecular flexibility index (Phi) is 4.79. The lowest BCUT2D eigenvalue weighted by Gasteiger charge is -2.24. The summed E-state index contributed by atoms with van der Waals surface area (Å²) in [6.07, 6.45) is 2.96. The van der Waals surface area contributed by atoms with Gasteiger partial charge in [0.05, 0.1) is 19.8 Å². The molecule has 1 aromatic rings. The van der Waals surface area contributed by atoms with Crippen molar-refractivity contribution in [1.29, 1.82) is 0 Å². The molecule has 1 saturated heterocycles. The zero-order chi connectivity index (χ0) is 11.9. The van der Waals surface area contributed by atoms with Crippen molar-refractivity contribution >= 4 is 0 Å². The summed E-state index contributed by atoms with van der Waals surface area (Å²) in [6.45, 7) is 2.09. The van der Waals surface area contributed by atoms with Crippen LogP contribution in [0.5, 0.6) is 5.75 Å². The van der Waals surface area contributed by atoms with Gasteiger partial charge in [0.25, 0.3) is 0 Å². The topological polar surface area (TPSA) is 53.7 Å². The molecule has 2 rings (SSSR count). The number of hydrogen-bond donors (Lipinski definition) is 1. The normalized spacial score (nSPS) is 17.0. The van der Waals surface area contributed by atoms with Gasteiger partial charge in [-0.25, -0.2) is 5.90 Å². The smallest absolute Gasteiger partial charge is 0.122 e. The van der Waals surface area contributed by atoms with Gasteiger partial charge in [0.15, 0.2) is 0 Å². The minimum atomic E-state index is 0.267. The molecule has 17 heavy (non-hydrogen) atoms. The van der Waals surface area contributed by atoms with Crippen LogP contribution in [0, 0.1) is 0 Å². The summed E-state index contributed by atoms with van der Waals surface area (Å²) < 4.78 is 11.3. The first-order valence-corrected chi connectivity index (χ1v) is 6.04. The molecule has 4 nitrogen and oxygen atoms in total. The second-order valence-corrected chi connectivity index (χ2v) is 4.16. The van der Waals surface area contributed by atoms with E-state index in [2.05, 4.69) is 4.84 Å². The summed E-state index contributed by atoms with van der Waals surface area (Å²) in [7, 11) is 0. The molecule has 0 unspecified atom stereocenters. The number of para-hydroxylation sites is 1. The van der Waals surface area contributed by atoms with E-state index in [1.54, 1.807) is 0 Å². The van der Waals surface area contributed by atoms with Crippen LogP contribution in [0.2, 0.25) is 0 Å². The van der Waals surface area contributed by atoms with Gasteiger partial charge in [-0.2, -0.15) is 0 Å². The summed E-state index contributed by atoms with van der Waals surface area (Å²) >= 11 is 0. The lowest BCUT2D eigenvalue weighted by Crippen LogP contribution is -2.26. The van der Waals surface area contributed by atoms with Crippen LogP contribution in [0.3, 0.4) is 0 Å². The Hall–Kier alpha value is -1.10. The summed E-state index contributed by atoms with van der Waals surface area (Å²) in [5, 5.41) is 0. The third kappa shape index (κ3) is 3.70. The molecule has 0 saturated carbocycles. The lowest BCUT2D eigenvalue weighted by molar-refractivity contribution is 0.0250. The van der Waals surface area contributed by atoms with Crippen LogP contribution in [0.1, 0.15) is 18.4 Å². The first-order valence-electron chi connectivity index (χ1n) is 6.04. The Morgan fingerprint density at radius 1 is 1.24 bits per heavy atom. The van der Waals surface area contributed by atoms with E-state index in [1.807, 2.05) is 24.3 Å². The highest BCUT2D eigenvalue weighted by atomic mass is 16.6. The van der Waals surface area contributed by atoms with E-state index in [4.69, 9.17) is 15.4 Å². The van der Waals surface area contributed by atoms with Gasteiger partial charge in [0.1, 0.15) is 11.9 Å². The van der Waals surface area contributed by atoms with Crippen LogP contribution in [0.25, 0.3) is 0 Å². The van der Waals surface area contributed by atoms with Crippen LogP contribution in [0.4, 0.5) is 0 Å². The Morgan fingerprint density at radius 2 is 2.00 bits per heavy atom. The molecule has 1 aliphatic rings. The SMILES string of the molecule is NOCCc1ccccc1OC1CCOCC1. The van der Waals surface area contributed by atoms with Crippen LogP contribution in [-0.4, -0.2) is 25.9 Å². The molecule has 0 amide bonds. The van der Waals surface area contributed by atoms with Crippen LogP contribution >= 0.6 is 0 Å². The van der Waals surface area contributed by atoms with E-state index < -0.39 is 0 Å². The van der Waals surface area contributed by atoms with Gasteiger partial charge in [-0.1, -0.05) is 18.2 Å². The van der Waals surface area contributed by atoms with Crippen LogP contribution in [-0.2, 0) is 16.0 Å². The van der Waals surface area contributed by atoms with E-state index >= 15 is 0 Å². The highest BCUT2D eigenvalue weighted by Gasteiger charge is 2.16. The van der Waals surface area contributed by atoms with Crippen molar-refractivity contribution in [2.24, 2.45) is 5.90 Å². The maximum Gasteiger partial charge on any atom is 0.122 e. The molecule has 1 aliphatic heterocycles. The van der Waals surface area contributed by atoms with E-state index in [9.17, 15) is 0 Å². The van der Waals surface area contributed by atoms with Crippen molar-refractivity contribution in [3.63, 3.8) is 0 Å². The molecule has 1 heterocycles. The van der Waals surface area contributed by atoms with Crippen molar-refractivity contribution < 1.29 is 14.3 Å². The maximum atomic E-state index is 6.01. The molecule has 1 fully saturated rings. The molecule has 0 aliphatic carbocycles. The Labute approximate surface area is 102 Å². The van der Waals surface area contributed by atoms with E-state index in [0.717, 1.165) is 43.8 Å². The minimum Gasteiger partial charge on any atom is -0.490 e. The highest BCUT2D eigenvalue weighted by molar-refractivity contribution is 5.33. The zero-order valence-electron chi connectivity index (χ0n) is 9.93. The monoisotopic (exact) mass is 237 g/mol. The molecule has 0 bridgehead atoms. The Bertz CT molecular complexity index is 337. The van der Waals surface area contributed by atoms with E-state index in [0.29, 0.717) is 6.61 Å². The standard InChI is InChI=1S/C13H19NO3/c14-16-10-5-11-3-1-2-4-13(11)17-12-6-8-15-9-7-12/h1-4,12H,5-10,14H2. The minimum absolute atomic E-state index is 0.267. The second-order valence-electron chi connectivity index (χ2n) is 4.16. The fraction of sp³-hybridized carbons (Fsp3) is 0.538. The largest absolute Gasteiger partial charge is 0.490 e. The summed E-state index contributed by atoms with van der Waals surface area (Å²) in [5.41, 5.74) is 1.14. The first-order chi connectivity index (χ1) is 8.40. The second kappa shape index (κ2) is 6.59. The predicted molar refractivity (Wildman–Crippen MR) is 64.8 cm³/mol. The average molecular weight is 237 g/mol. The summed E-state index contributed by atoms with van der Waals surface area (Å²) in [5.74, 6) is 5.99. The van der Waals surface area contributed by atoms with Crippen LogP contribution in [0.15, 0.2) is 24.3 Å². The molecule has 1 aromatic carbocycles. The van der Waals surface area contributed by atoms with Crippen molar-refractivity contribution in [3.05, 3.63) is 29.8 Å². The Morgan fingerprint density at radius 3 is 2.76 bits per heavy atom. The third-order valence-electron chi connectivity index (χ3n) is 2.92.